The maximum Gasteiger partial charge on any atom is 0.242 e. The number of carbonyl (C=O) groups is 1. The van der Waals surface area contributed by atoms with E-state index in [0.29, 0.717) is 0 Å². The summed E-state index contributed by atoms with van der Waals surface area (Å²) in [6.07, 6.45) is -3.65. The molecule has 0 aromatic carbocycles. The first-order chi connectivity index (χ1) is 5.99. The van der Waals surface area contributed by atoms with Gasteiger partial charge in [0.25, 0.3) is 0 Å². The lowest BCUT2D eigenvalue weighted by atomic mass is 10.1. The molecule has 0 saturated carbocycles. The van der Waals surface area contributed by atoms with Crippen molar-refractivity contribution >= 4 is 12.1 Å². The first kappa shape index (κ1) is 12.2. The lowest BCUT2D eigenvalue weighted by Crippen LogP contribution is -2.40. The minimum Gasteiger partial charge on any atom is -0.394 e. The van der Waals surface area contributed by atoms with Crippen molar-refractivity contribution in [3.05, 3.63) is 0 Å². The molecule has 76 valence electrons. The standard InChI is InChI=1S/C7H13NO5/c1-4(10)8-2-5(11)7(13)6(12)3-9/h2,5-7,9,11-13H,3H2,1H3/t5-,6-,7+/m1/s1. The average Bonchev–Trinajstić information content (AvgIpc) is 2.11. The molecule has 0 rings (SSSR count). The second kappa shape index (κ2) is 5.76. The molecule has 1 amide bonds. The Labute approximate surface area is 75.2 Å². The molecule has 0 unspecified atom stereocenters. The summed E-state index contributed by atoms with van der Waals surface area (Å²) in [5.74, 6) is -0.523. The third-order valence-electron chi connectivity index (χ3n) is 1.34. The second-order valence-electron chi connectivity index (χ2n) is 2.53. The summed E-state index contributed by atoms with van der Waals surface area (Å²) in [7, 11) is 0. The fourth-order valence-corrected chi connectivity index (χ4v) is 0.605. The average molecular weight is 191 g/mol. The largest absolute Gasteiger partial charge is 0.394 e. The molecule has 3 atom stereocenters. The van der Waals surface area contributed by atoms with Gasteiger partial charge in [0.1, 0.15) is 18.3 Å². The number of nitrogens with zero attached hydrogens (tertiary/aromatic N) is 1. The van der Waals surface area contributed by atoms with Gasteiger partial charge in [-0.3, -0.25) is 4.79 Å². The third kappa shape index (κ3) is 4.69. The van der Waals surface area contributed by atoms with Crippen LogP contribution >= 0.6 is 0 Å². The molecule has 4 N–H and O–H groups in total. The van der Waals surface area contributed by atoms with E-state index in [1.165, 1.54) is 6.92 Å². The summed E-state index contributed by atoms with van der Waals surface area (Å²) in [5.41, 5.74) is 0. The van der Waals surface area contributed by atoms with Crippen molar-refractivity contribution < 1.29 is 25.2 Å². The van der Waals surface area contributed by atoms with Gasteiger partial charge in [-0.25, -0.2) is 4.99 Å². The number of aliphatic hydroxyl groups is 4. The van der Waals surface area contributed by atoms with Gasteiger partial charge in [-0.1, -0.05) is 0 Å². The van der Waals surface area contributed by atoms with E-state index in [1.54, 1.807) is 0 Å². The second-order valence-corrected chi connectivity index (χ2v) is 2.53. The smallest absolute Gasteiger partial charge is 0.242 e. The molecule has 0 aromatic rings. The molecule has 13 heavy (non-hydrogen) atoms. The van der Waals surface area contributed by atoms with Crippen molar-refractivity contribution in [3.63, 3.8) is 0 Å². The van der Waals surface area contributed by atoms with Gasteiger partial charge >= 0.3 is 0 Å². The Morgan fingerprint density at radius 1 is 1.46 bits per heavy atom. The quantitative estimate of drug-likeness (QED) is 0.373. The van der Waals surface area contributed by atoms with Crippen LogP contribution in [0.2, 0.25) is 0 Å². The van der Waals surface area contributed by atoms with E-state index in [4.69, 9.17) is 20.4 Å². The van der Waals surface area contributed by atoms with E-state index in [9.17, 15) is 4.79 Å². The Morgan fingerprint density at radius 3 is 2.38 bits per heavy atom. The highest BCUT2D eigenvalue weighted by Gasteiger charge is 2.22. The van der Waals surface area contributed by atoms with Crippen molar-refractivity contribution in [1.82, 2.24) is 0 Å². The molecule has 6 nitrogen and oxygen atoms in total. The molecule has 0 fully saturated rings. The van der Waals surface area contributed by atoms with Crippen molar-refractivity contribution in [2.24, 2.45) is 4.99 Å². The monoisotopic (exact) mass is 191 g/mol. The summed E-state index contributed by atoms with van der Waals surface area (Å²) in [4.78, 5) is 13.5. The number of hydrogen-bond donors (Lipinski definition) is 4. The van der Waals surface area contributed by atoms with E-state index in [1.807, 2.05) is 0 Å². The number of hydrogen-bond acceptors (Lipinski definition) is 5. The van der Waals surface area contributed by atoms with Crippen LogP contribution in [0.25, 0.3) is 0 Å². The molecule has 0 aliphatic carbocycles. The highest BCUT2D eigenvalue weighted by molar-refractivity contribution is 5.84. The Bertz CT molecular complexity index is 193. The number of aliphatic imine (C=N–C) groups is 1. The zero-order valence-corrected chi connectivity index (χ0v) is 7.16. The highest BCUT2D eigenvalue weighted by atomic mass is 16.4. The maximum atomic E-state index is 10.3. The summed E-state index contributed by atoms with van der Waals surface area (Å²) < 4.78 is 0. The Balaban J connectivity index is 4.09. The van der Waals surface area contributed by atoms with Crippen LogP contribution in [0.4, 0.5) is 0 Å². The molecular formula is C7H13NO5. The molecule has 6 heteroatoms. The number of aliphatic hydroxyl groups excluding tert-OH is 4. The van der Waals surface area contributed by atoms with Gasteiger partial charge in [0.05, 0.1) is 6.61 Å². The van der Waals surface area contributed by atoms with Crippen molar-refractivity contribution in [2.75, 3.05) is 6.61 Å². The zero-order chi connectivity index (χ0) is 10.4. The Hall–Kier alpha value is -0.820. The van der Waals surface area contributed by atoms with Crippen LogP contribution < -0.4 is 0 Å². The topological polar surface area (TPSA) is 110 Å². The van der Waals surface area contributed by atoms with Gasteiger partial charge in [0, 0.05) is 13.1 Å². The summed E-state index contributed by atoms with van der Waals surface area (Å²) in [5, 5.41) is 35.3. The molecule has 0 radical (unpaired) electrons. The van der Waals surface area contributed by atoms with E-state index in [0.717, 1.165) is 6.21 Å². The summed E-state index contributed by atoms with van der Waals surface area (Å²) >= 11 is 0. The van der Waals surface area contributed by atoms with Crippen LogP contribution in [0.5, 0.6) is 0 Å². The van der Waals surface area contributed by atoms with Gasteiger partial charge in [-0.15, -0.1) is 0 Å². The highest BCUT2D eigenvalue weighted by Crippen LogP contribution is 1.97. The maximum absolute atomic E-state index is 10.3. The predicted molar refractivity (Wildman–Crippen MR) is 44.3 cm³/mol. The summed E-state index contributed by atoms with van der Waals surface area (Å²) in [6.45, 7) is 0.504. The molecule has 0 saturated heterocycles. The van der Waals surface area contributed by atoms with Gasteiger partial charge in [0.15, 0.2) is 0 Å². The number of rotatable bonds is 4. The van der Waals surface area contributed by atoms with Crippen molar-refractivity contribution in [1.29, 1.82) is 0 Å². The minimum atomic E-state index is -1.55. The molecular weight excluding hydrogens is 178 g/mol. The SMILES string of the molecule is CC(=O)N=C[C@@H](O)[C@H](O)[C@H](O)CO. The molecule has 0 aliphatic rings. The molecule has 0 aliphatic heterocycles. The number of carbonyl (C=O) groups excluding carboxylic acids is 1. The normalized spacial score (nSPS) is 18.5. The first-order valence-corrected chi connectivity index (χ1v) is 3.69. The molecule has 0 bridgehead atoms. The van der Waals surface area contributed by atoms with E-state index in [-0.39, 0.29) is 0 Å². The lowest BCUT2D eigenvalue weighted by molar-refractivity contribution is -0.115. The number of amides is 1. The van der Waals surface area contributed by atoms with Crippen molar-refractivity contribution in [3.8, 4) is 0 Å². The fourth-order valence-electron chi connectivity index (χ4n) is 0.605. The van der Waals surface area contributed by atoms with Gasteiger partial charge < -0.3 is 20.4 Å². The third-order valence-corrected chi connectivity index (χ3v) is 1.34. The zero-order valence-electron chi connectivity index (χ0n) is 7.16. The van der Waals surface area contributed by atoms with Crippen LogP contribution in [0.15, 0.2) is 4.99 Å². The van der Waals surface area contributed by atoms with Crippen LogP contribution in [0.1, 0.15) is 6.92 Å². The molecule has 0 aromatic heterocycles. The molecule has 0 spiro atoms. The van der Waals surface area contributed by atoms with Crippen LogP contribution in [0.3, 0.4) is 0 Å². The molecule has 0 heterocycles. The summed E-state index contributed by atoms with van der Waals surface area (Å²) in [6, 6.07) is 0. The van der Waals surface area contributed by atoms with Crippen molar-refractivity contribution in [2.45, 2.75) is 25.2 Å². The van der Waals surface area contributed by atoms with Gasteiger partial charge in [-0.05, 0) is 0 Å². The van der Waals surface area contributed by atoms with Gasteiger partial charge in [0.2, 0.25) is 5.91 Å². The minimum absolute atomic E-state index is 0.523. The van der Waals surface area contributed by atoms with Crippen LogP contribution in [-0.4, -0.2) is 57.5 Å². The predicted octanol–water partition coefficient (Wildman–Crippen LogP) is -2.32. The van der Waals surface area contributed by atoms with E-state index < -0.39 is 30.8 Å². The Morgan fingerprint density at radius 2 is 2.00 bits per heavy atom. The van der Waals surface area contributed by atoms with Crippen LogP contribution in [0, 0.1) is 0 Å². The van der Waals surface area contributed by atoms with E-state index in [2.05, 4.69) is 4.99 Å². The fraction of sp³-hybridized carbons (Fsp3) is 0.714. The van der Waals surface area contributed by atoms with E-state index >= 15 is 0 Å². The van der Waals surface area contributed by atoms with Crippen LogP contribution in [-0.2, 0) is 4.79 Å². The Kier molecular flexibility index (Phi) is 5.40. The lowest BCUT2D eigenvalue weighted by Gasteiger charge is -2.17. The van der Waals surface area contributed by atoms with Gasteiger partial charge in [-0.2, -0.15) is 0 Å². The first-order valence-electron chi connectivity index (χ1n) is 3.69.